The summed E-state index contributed by atoms with van der Waals surface area (Å²) in [5, 5.41) is 2.98. The van der Waals surface area contributed by atoms with Crippen LogP contribution < -0.4 is 10.1 Å². The minimum Gasteiger partial charge on any atom is -0.496 e. The summed E-state index contributed by atoms with van der Waals surface area (Å²) in [6.45, 7) is 0. The molecular weight excluding hydrogens is 279 g/mol. The van der Waals surface area contributed by atoms with E-state index in [2.05, 4.69) is 5.32 Å². The standard InChI is InChI=1S/C16H16F3NO/c1-20-14(9-10-5-3-4-6-15(10)21-2)11-7-12(17)16(19)13(18)8-11/h3-8,14,20H,9H2,1-2H3. The molecule has 1 unspecified atom stereocenters. The second-order valence-electron chi connectivity index (χ2n) is 4.66. The van der Waals surface area contributed by atoms with Gasteiger partial charge in [0, 0.05) is 6.04 Å². The van der Waals surface area contributed by atoms with Crippen LogP contribution in [-0.2, 0) is 6.42 Å². The van der Waals surface area contributed by atoms with Gasteiger partial charge in [0.2, 0.25) is 0 Å². The topological polar surface area (TPSA) is 21.3 Å². The van der Waals surface area contributed by atoms with Crippen LogP contribution in [-0.4, -0.2) is 14.2 Å². The van der Waals surface area contributed by atoms with E-state index >= 15 is 0 Å². The molecule has 0 radical (unpaired) electrons. The second kappa shape index (κ2) is 6.63. The van der Waals surface area contributed by atoms with Crippen molar-refractivity contribution >= 4 is 0 Å². The van der Waals surface area contributed by atoms with Gasteiger partial charge in [-0.25, -0.2) is 13.2 Å². The third-order valence-corrected chi connectivity index (χ3v) is 3.37. The van der Waals surface area contributed by atoms with Gasteiger partial charge >= 0.3 is 0 Å². The highest BCUT2D eigenvalue weighted by Gasteiger charge is 2.18. The van der Waals surface area contributed by atoms with Gasteiger partial charge in [0.1, 0.15) is 5.75 Å². The molecule has 0 saturated heterocycles. The monoisotopic (exact) mass is 295 g/mol. The van der Waals surface area contributed by atoms with Crippen molar-refractivity contribution in [3.05, 3.63) is 65.0 Å². The van der Waals surface area contributed by atoms with E-state index in [0.717, 1.165) is 17.7 Å². The minimum atomic E-state index is -1.45. The molecule has 0 aromatic heterocycles. The van der Waals surface area contributed by atoms with Crippen molar-refractivity contribution in [1.82, 2.24) is 5.32 Å². The number of ether oxygens (including phenoxy) is 1. The Kier molecular flexibility index (Phi) is 4.85. The Morgan fingerprint density at radius 3 is 2.29 bits per heavy atom. The van der Waals surface area contributed by atoms with Crippen molar-refractivity contribution in [3.8, 4) is 5.75 Å². The molecule has 0 fully saturated rings. The van der Waals surface area contributed by atoms with Gasteiger partial charge in [0.15, 0.2) is 17.5 Å². The van der Waals surface area contributed by atoms with Gasteiger partial charge in [-0.1, -0.05) is 18.2 Å². The highest BCUT2D eigenvalue weighted by Crippen LogP contribution is 2.26. The Hall–Kier alpha value is -2.01. The number of likely N-dealkylation sites (N-methyl/N-ethyl adjacent to an activating group) is 1. The molecule has 0 amide bonds. The lowest BCUT2D eigenvalue weighted by Gasteiger charge is -2.18. The summed E-state index contributed by atoms with van der Waals surface area (Å²) >= 11 is 0. The van der Waals surface area contributed by atoms with Gasteiger partial charge < -0.3 is 10.1 Å². The molecule has 0 spiro atoms. The number of hydrogen-bond acceptors (Lipinski definition) is 2. The van der Waals surface area contributed by atoms with Gasteiger partial charge in [0.05, 0.1) is 7.11 Å². The molecule has 2 rings (SSSR count). The lowest BCUT2D eigenvalue weighted by Crippen LogP contribution is -2.20. The molecule has 5 heteroatoms. The first-order chi connectivity index (χ1) is 10.1. The quantitative estimate of drug-likeness (QED) is 0.851. The molecule has 0 bridgehead atoms. The van der Waals surface area contributed by atoms with Crippen LogP contribution in [0.1, 0.15) is 17.2 Å². The zero-order valence-electron chi connectivity index (χ0n) is 11.8. The van der Waals surface area contributed by atoms with Crippen LogP contribution in [0.15, 0.2) is 36.4 Å². The summed E-state index contributed by atoms with van der Waals surface area (Å²) in [5.41, 5.74) is 1.24. The molecule has 0 aliphatic rings. The molecule has 21 heavy (non-hydrogen) atoms. The van der Waals surface area contributed by atoms with Crippen LogP contribution in [0.2, 0.25) is 0 Å². The van der Waals surface area contributed by atoms with E-state index in [4.69, 9.17) is 4.74 Å². The number of para-hydroxylation sites is 1. The Bertz CT molecular complexity index is 608. The average Bonchev–Trinajstić information content (AvgIpc) is 2.50. The van der Waals surface area contributed by atoms with Gasteiger partial charge in [-0.05, 0) is 42.8 Å². The molecule has 0 aliphatic carbocycles. The van der Waals surface area contributed by atoms with Crippen LogP contribution in [0, 0.1) is 17.5 Å². The van der Waals surface area contributed by atoms with Crippen LogP contribution >= 0.6 is 0 Å². The number of halogens is 3. The number of hydrogen-bond donors (Lipinski definition) is 1. The van der Waals surface area contributed by atoms with Crippen LogP contribution in [0.25, 0.3) is 0 Å². The van der Waals surface area contributed by atoms with Crippen molar-refractivity contribution in [2.75, 3.05) is 14.2 Å². The van der Waals surface area contributed by atoms with Gasteiger partial charge in [-0.3, -0.25) is 0 Å². The summed E-state index contributed by atoms with van der Waals surface area (Å²) < 4.78 is 45.0. The third kappa shape index (κ3) is 3.36. The minimum absolute atomic E-state index is 0.347. The Balaban J connectivity index is 2.32. The van der Waals surface area contributed by atoms with Crippen LogP contribution in [0.5, 0.6) is 5.75 Å². The van der Waals surface area contributed by atoms with E-state index in [-0.39, 0.29) is 6.04 Å². The van der Waals surface area contributed by atoms with E-state index < -0.39 is 17.5 Å². The van der Waals surface area contributed by atoms with Gasteiger partial charge in [-0.2, -0.15) is 0 Å². The number of nitrogens with one attached hydrogen (secondary N) is 1. The van der Waals surface area contributed by atoms with Crippen molar-refractivity contribution < 1.29 is 17.9 Å². The van der Waals surface area contributed by atoms with Gasteiger partial charge in [-0.15, -0.1) is 0 Å². The molecule has 0 aliphatic heterocycles. The fourth-order valence-corrected chi connectivity index (χ4v) is 2.25. The number of rotatable bonds is 5. The Morgan fingerprint density at radius 2 is 1.71 bits per heavy atom. The first-order valence-corrected chi connectivity index (χ1v) is 6.50. The maximum atomic E-state index is 13.4. The van der Waals surface area contributed by atoms with Crippen LogP contribution in [0.3, 0.4) is 0 Å². The Labute approximate surface area is 121 Å². The highest BCUT2D eigenvalue weighted by molar-refractivity contribution is 5.35. The molecule has 2 aromatic carbocycles. The van der Waals surface area contributed by atoms with E-state index in [1.54, 1.807) is 14.2 Å². The summed E-state index contributed by atoms with van der Waals surface area (Å²) in [5.74, 6) is -3.14. The van der Waals surface area contributed by atoms with Crippen molar-refractivity contribution in [1.29, 1.82) is 0 Å². The predicted molar refractivity (Wildman–Crippen MR) is 74.8 cm³/mol. The lowest BCUT2D eigenvalue weighted by molar-refractivity contribution is 0.406. The average molecular weight is 295 g/mol. The lowest BCUT2D eigenvalue weighted by atomic mass is 9.98. The normalized spacial score (nSPS) is 12.2. The molecule has 1 atom stereocenters. The molecular formula is C16H16F3NO. The maximum Gasteiger partial charge on any atom is 0.194 e. The summed E-state index contributed by atoms with van der Waals surface area (Å²) in [7, 11) is 3.24. The fourth-order valence-electron chi connectivity index (χ4n) is 2.25. The molecule has 1 N–H and O–H groups in total. The summed E-state index contributed by atoms with van der Waals surface area (Å²) in [4.78, 5) is 0. The summed E-state index contributed by atoms with van der Waals surface area (Å²) in [6.07, 6.45) is 0.463. The van der Waals surface area contributed by atoms with E-state index in [9.17, 15) is 13.2 Å². The van der Waals surface area contributed by atoms with Crippen molar-refractivity contribution in [3.63, 3.8) is 0 Å². The Morgan fingerprint density at radius 1 is 1.10 bits per heavy atom. The smallest absolute Gasteiger partial charge is 0.194 e. The summed E-state index contributed by atoms with van der Waals surface area (Å²) in [6, 6.07) is 9.05. The number of benzene rings is 2. The molecule has 0 saturated carbocycles. The fraction of sp³-hybridized carbons (Fsp3) is 0.250. The number of methoxy groups -OCH3 is 1. The SMILES string of the molecule is CNC(Cc1ccccc1OC)c1cc(F)c(F)c(F)c1. The van der Waals surface area contributed by atoms with Crippen molar-refractivity contribution in [2.24, 2.45) is 0 Å². The second-order valence-corrected chi connectivity index (χ2v) is 4.66. The van der Waals surface area contributed by atoms with E-state index in [0.29, 0.717) is 17.7 Å². The first-order valence-electron chi connectivity index (χ1n) is 6.50. The largest absolute Gasteiger partial charge is 0.496 e. The maximum absolute atomic E-state index is 13.4. The van der Waals surface area contributed by atoms with Crippen LogP contribution in [0.4, 0.5) is 13.2 Å². The predicted octanol–water partition coefficient (Wildman–Crippen LogP) is 3.62. The van der Waals surface area contributed by atoms with E-state index in [1.807, 2.05) is 24.3 Å². The zero-order chi connectivity index (χ0) is 15.4. The highest BCUT2D eigenvalue weighted by atomic mass is 19.2. The first kappa shape index (κ1) is 15.4. The molecule has 2 nitrogen and oxygen atoms in total. The van der Waals surface area contributed by atoms with E-state index in [1.165, 1.54) is 0 Å². The molecule has 0 heterocycles. The third-order valence-electron chi connectivity index (χ3n) is 3.37. The molecule has 2 aromatic rings. The van der Waals surface area contributed by atoms with Gasteiger partial charge in [0.25, 0.3) is 0 Å². The molecule has 112 valence electrons. The zero-order valence-corrected chi connectivity index (χ0v) is 11.8. The van der Waals surface area contributed by atoms with Crippen molar-refractivity contribution in [2.45, 2.75) is 12.5 Å².